The first-order chi connectivity index (χ1) is 10.3. The first kappa shape index (κ1) is 12.3. The maximum absolute atomic E-state index is 11.7. The normalized spacial score (nSPS) is 24.8. The number of tetrazole rings is 1. The summed E-state index contributed by atoms with van der Waals surface area (Å²) in [6.07, 6.45) is 2.59. The number of hydrogen-bond donors (Lipinski definition) is 1. The van der Waals surface area contributed by atoms with Gasteiger partial charge in [-0.25, -0.2) is 0 Å². The number of nitrogens with one attached hydrogen (secondary N) is 1. The topological polar surface area (TPSA) is 75.9 Å². The quantitative estimate of drug-likeness (QED) is 0.870. The molecule has 1 aromatic heterocycles. The molecule has 7 heteroatoms. The van der Waals surface area contributed by atoms with Crippen LogP contribution in [0.4, 0.5) is 5.95 Å². The number of carbonyl (C=O) groups excluding carboxylic acids is 1. The third-order valence-corrected chi connectivity index (χ3v) is 4.26. The molecule has 2 saturated heterocycles. The van der Waals surface area contributed by atoms with Crippen molar-refractivity contribution in [1.82, 2.24) is 25.5 Å². The minimum atomic E-state index is 0.117. The highest BCUT2D eigenvalue weighted by Gasteiger charge is 2.40. The van der Waals surface area contributed by atoms with Gasteiger partial charge in [0, 0.05) is 25.0 Å². The van der Waals surface area contributed by atoms with Gasteiger partial charge in [-0.15, -0.1) is 0 Å². The molecule has 2 atom stereocenters. The second kappa shape index (κ2) is 4.83. The van der Waals surface area contributed by atoms with E-state index in [9.17, 15) is 4.79 Å². The molecule has 7 nitrogen and oxygen atoms in total. The summed E-state index contributed by atoms with van der Waals surface area (Å²) in [5, 5.41) is 15.1. The average Bonchev–Trinajstić information content (AvgIpc) is 3.07. The van der Waals surface area contributed by atoms with Crippen LogP contribution in [-0.4, -0.2) is 44.7 Å². The van der Waals surface area contributed by atoms with Crippen molar-refractivity contribution in [3.63, 3.8) is 0 Å². The molecule has 0 radical (unpaired) electrons. The number of fused-ring (bicyclic) bond motifs is 2. The smallest absolute Gasteiger partial charge is 0.250 e. The average molecular weight is 284 g/mol. The standard InChI is InChI=1S/C14H16N6O/c21-13-8-11-6-7-12(9-15-13)19(11)14-16-17-18-20(14)10-4-2-1-3-5-10/h1-5,11-12H,6-9H2,(H,15,21)/t11-,12+/m0/s1. The Morgan fingerprint density at radius 3 is 2.81 bits per heavy atom. The van der Waals surface area contributed by atoms with Crippen molar-refractivity contribution in [1.29, 1.82) is 0 Å². The minimum absolute atomic E-state index is 0.117. The molecule has 2 aromatic rings. The van der Waals surface area contributed by atoms with E-state index in [2.05, 4.69) is 25.7 Å². The van der Waals surface area contributed by atoms with Crippen LogP contribution in [0.15, 0.2) is 30.3 Å². The summed E-state index contributed by atoms with van der Waals surface area (Å²) in [4.78, 5) is 14.0. The Morgan fingerprint density at radius 2 is 1.95 bits per heavy atom. The second-order valence-corrected chi connectivity index (χ2v) is 5.53. The van der Waals surface area contributed by atoms with E-state index in [0.717, 1.165) is 24.5 Å². The zero-order chi connectivity index (χ0) is 14.2. The lowest BCUT2D eigenvalue weighted by atomic mass is 10.1. The predicted molar refractivity (Wildman–Crippen MR) is 76.1 cm³/mol. The summed E-state index contributed by atoms with van der Waals surface area (Å²) in [5.41, 5.74) is 0.931. The summed E-state index contributed by atoms with van der Waals surface area (Å²) < 4.78 is 1.75. The van der Waals surface area contributed by atoms with Crippen molar-refractivity contribution in [2.45, 2.75) is 31.3 Å². The lowest BCUT2D eigenvalue weighted by molar-refractivity contribution is -0.121. The van der Waals surface area contributed by atoms with Gasteiger partial charge in [0.1, 0.15) is 0 Å². The lowest BCUT2D eigenvalue weighted by Crippen LogP contribution is -2.39. The molecule has 0 aliphatic carbocycles. The van der Waals surface area contributed by atoms with E-state index in [1.807, 2.05) is 30.3 Å². The van der Waals surface area contributed by atoms with Crippen LogP contribution in [0, 0.1) is 0 Å². The van der Waals surface area contributed by atoms with Crippen LogP contribution < -0.4 is 10.2 Å². The van der Waals surface area contributed by atoms with Crippen LogP contribution in [0.3, 0.4) is 0 Å². The Bertz CT molecular complexity index is 654. The Labute approximate surface area is 121 Å². The van der Waals surface area contributed by atoms with Gasteiger partial charge in [0.25, 0.3) is 5.95 Å². The third-order valence-electron chi connectivity index (χ3n) is 4.26. The third kappa shape index (κ3) is 2.05. The summed E-state index contributed by atoms with van der Waals surface area (Å²) in [7, 11) is 0. The summed E-state index contributed by atoms with van der Waals surface area (Å²) in [6, 6.07) is 10.3. The molecule has 1 N–H and O–H groups in total. The fourth-order valence-electron chi connectivity index (χ4n) is 3.29. The number of carbonyl (C=O) groups is 1. The molecule has 4 rings (SSSR count). The Hall–Kier alpha value is -2.44. The molecule has 21 heavy (non-hydrogen) atoms. The van der Waals surface area contributed by atoms with Crippen LogP contribution in [0.25, 0.3) is 5.69 Å². The van der Waals surface area contributed by atoms with Gasteiger partial charge in [-0.3, -0.25) is 4.79 Å². The number of para-hydroxylation sites is 1. The number of rotatable bonds is 2. The Balaban J connectivity index is 1.74. The lowest BCUT2D eigenvalue weighted by Gasteiger charge is -2.27. The van der Waals surface area contributed by atoms with Gasteiger partial charge >= 0.3 is 0 Å². The molecule has 1 amide bonds. The Kier molecular flexibility index (Phi) is 2.83. The molecule has 0 unspecified atom stereocenters. The van der Waals surface area contributed by atoms with E-state index in [0.29, 0.717) is 13.0 Å². The molecule has 2 aliphatic heterocycles. The van der Waals surface area contributed by atoms with Gasteiger partial charge in [0.05, 0.1) is 5.69 Å². The fourth-order valence-corrected chi connectivity index (χ4v) is 3.29. The van der Waals surface area contributed by atoms with Crippen LogP contribution in [0.5, 0.6) is 0 Å². The van der Waals surface area contributed by atoms with Gasteiger partial charge in [-0.2, -0.15) is 4.68 Å². The first-order valence-electron chi connectivity index (χ1n) is 7.22. The van der Waals surface area contributed by atoms with E-state index in [1.165, 1.54) is 0 Å². The van der Waals surface area contributed by atoms with Gasteiger partial charge in [0.2, 0.25) is 5.91 Å². The molecular weight excluding hydrogens is 268 g/mol. The number of benzene rings is 1. The van der Waals surface area contributed by atoms with Gasteiger partial charge in [-0.1, -0.05) is 23.3 Å². The molecule has 2 bridgehead atoms. The first-order valence-corrected chi connectivity index (χ1v) is 7.22. The maximum atomic E-state index is 11.7. The number of nitrogens with zero attached hydrogens (tertiary/aromatic N) is 5. The van der Waals surface area contributed by atoms with E-state index in [4.69, 9.17) is 0 Å². The van der Waals surface area contributed by atoms with E-state index in [-0.39, 0.29) is 18.0 Å². The van der Waals surface area contributed by atoms with Crippen LogP contribution >= 0.6 is 0 Å². The van der Waals surface area contributed by atoms with Crippen molar-refractivity contribution in [3.8, 4) is 5.69 Å². The molecule has 2 aliphatic rings. The van der Waals surface area contributed by atoms with Gasteiger partial charge < -0.3 is 10.2 Å². The zero-order valence-corrected chi connectivity index (χ0v) is 11.5. The zero-order valence-electron chi connectivity index (χ0n) is 11.5. The number of aromatic nitrogens is 4. The molecule has 0 saturated carbocycles. The number of hydrogen-bond acceptors (Lipinski definition) is 5. The molecule has 3 heterocycles. The minimum Gasteiger partial charge on any atom is -0.354 e. The van der Waals surface area contributed by atoms with Crippen LogP contribution in [0.2, 0.25) is 0 Å². The molecule has 1 aromatic carbocycles. The van der Waals surface area contributed by atoms with E-state index < -0.39 is 0 Å². The van der Waals surface area contributed by atoms with Gasteiger partial charge in [0.15, 0.2) is 0 Å². The molecule has 108 valence electrons. The fraction of sp³-hybridized carbons (Fsp3) is 0.429. The van der Waals surface area contributed by atoms with Crippen molar-refractivity contribution in [2.75, 3.05) is 11.4 Å². The summed E-state index contributed by atoms with van der Waals surface area (Å²) >= 11 is 0. The van der Waals surface area contributed by atoms with Crippen LogP contribution in [-0.2, 0) is 4.79 Å². The van der Waals surface area contributed by atoms with E-state index >= 15 is 0 Å². The number of anilines is 1. The molecular formula is C14H16N6O. The SMILES string of the molecule is O=C1C[C@@H]2CC[C@H](CN1)N2c1nnnn1-c1ccccc1. The largest absolute Gasteiger partial charge is 0.354 e. The summed E-state index contributed by atoms with van der Waals surface area (Å²) in [6.45, 7) is 0.664. The van der Waals surface area contributed by atoms with Crippen LogP contribution in [0.1, 0.15) is 19.3 Å². The van der Waals surface area contributed by atoms with E-state index in [1.54, 1.807) is 4.68 Å². The van der Waals surface area contributed by atoms with Crippen molar-refractivity contribution >= 4 is 11.9 Å². The maximum Gasteiger partial charge on any atom is 0.250 e. The monoisotopic (exact) mass is 284 g/mol. The number of amides is 1. The molecule has 2 fully saturated rings. The van der Waals surface area contributed by atoms with Crippen molar-refractivity contribution < 1.29 is 4.79 Å². The Morgan fingerprint density at radius 1 is 1.14 bits per heavy atom. The molecule has 0 spiro atoms. The summed E-state index contributed by atoms with van der Waals surface area (Å²) in [5.74, 6) is 0.844. The predicted octanol–water partition coefficient (Wildman–Crippen LogP) is 0.520. The highest BCUT2D eigenvalue weighted by atomic mass is 16.1. The second-order valence-electron chi connectivity index (χ2n) is 5.53. The van der Waals surface area contributed by atoms with Crippen molar-refractivity contribution in [2.24, 2.45) is 0 Å². The van der Waals surface area contributed by atoms with Crippen molar-refractivity contribution in [3.05, 3.63) is 30.3 Å². The highest BCUT2D eigenvalue weighted by molar-refractivity contribution is 5.78. The van der Waals surface area contributed by atoms with Gasteiger partial charge in [-0.05, 0) is 35.4 Å². The highest BCUT2D eigenvalue weighted by Crippen LogP contribution is 2.32.